The summed E-state index contributed by atoms with van der Waals surface area (Å²) >= 11 is 0. The summed E-state index contributed by atoms with van der Waals surface area (Å²) < 4.78 is 24.1. The minimum atomic E-state index is -3.12. The molecule has 1 heterocycles. The SMILES string of the molecule is CS(=O)(=O)N1CCN(C(=O)CNCC2CC2)CC1. The van der Waals surface area contributed by atoms with Gasteiger partial charge in [0.15, 0.2) is 0 Å². The van der Waals surface area contributed by atoms with Gasteiger partial charge in [-0.25, -0.2) is 8.42 Å². The van der Waals surface area contributed by atoms with E-state index in [1.807, 2.05) is 0 Å². The molecule has 2 rings (SSSR count). The van der Waals surface area contributed by atoms with Gasteiger partial charge in [-0.15, -0.1) is 0 Å². The van der Waals surface area contributed by atoms with Gasteiger partial charge in [0.2, 0.25) is 15.9 Å². The highest BCUT2D eigenvalue weighted by Crippen LogP contribution is 2.27. The van der Waals surface area contributed by atoms with Crippen LogP contribution >= 0.6 is 0 Å². The summed E-state index contributed by atoms with van der Waals surface area (Å²) in [5.74, 6) is 0.837. The molecule has 1 aliphatic carbocycles. The first-order valence-electron chi connectivity index (χ1n) is 6.40. The second kappa shape index (κ2) is 5.54. The number of hydrogen-bond acceptors (Lipinski definition) is 4. The third-order valence-electron chi connectivity index (χ3n) is 3.47. The minimum absolute atomic E-state index is 0.0730. The van der Waals surface area contributed by atoms with E-state index in [2.05, 4.69) is 5.32 Å². The molecule has 0 aromatic carbocycles. The van der Waals surface area contributed by atoms with Crippen LogP contribution in [0.4, 0.5) is 0 Å². The Hall–Kier alpha value is -0.660. The molecule has 1 saturated carbocycles. The number of nitrogens with one attached hydrogen (secondary N) is 1. The molecule has 1 saturated heterocycles. The van der Waals surface area contributed by atoms with Crippen LogP contribution in [0.15, 0.2) is 0 Å². The average Bonchev–Trinajstić information content (AvgIpc) is 3.12. The smallest absolute Gasteiger partial charge is 0.236 e. The van der Waals surface area contributed by atoms with Gasteiger partial charge in [0.05, 0.1) is 12.8 Å². The Bertz CT molecular complexity index is 398. The van der Waals surface area contributed by atoms with Crippen LogP contribution in [-0.4, -0.2) is 69.1 Å². The van der Waals surface area contributed by atoms with Crippen molar-refractivity contribution < 1.29 is 13.2 Å². The fraction of sp³-hybridized carbons (Fsp3) is 0.909. The molecular weight excluding hydrogens is 254 g/mol. The van der Waals surface area contributed by atoms with Crippen LogP contribution in [0, 0.1) is 5.92 Å². The predicted octanol–water partition coefficient (Wildman–Crippen LogP) is -0.910. The van der Waals surface area contributed by atoms with Crippen LogP contribution in [-0.2, 0) is 14.8 Å². The normalized spacial score (nSPS) is 22.2. The molecule has 7 heteroatoms. The van der Waals surface area contributed by atoms with Crippen molar-refractivity contribution in [2.24, 2.45) is 5.92 Å². The number of piperazine rings is 1. The van der Waals surface area contributed by atoms with E-state index in [0.29, 0.717) is 32.7 Å². The van der Waals surface area contributed by atoms with E-state index < -0.39 is 10.0 Å². The zero-order chi connectivity index (χ0) is 13.2. The van der Waals surface area contributed by atoms with Crippen LogP contribution in [0.5, 0.6) is 0 Å². The van der Waals surface area contributed by atoms with Gasteiger partial charge in [-0.2, -0.15) is 4.31 Å². The Balaban J connectivity index is 1.69. The number of carbonyl (C=O) groups excluding carboxylic acids is 1. The van der Waals surface area contributed by atoms with Crippen molar-refractivity contribution in [2.75, 3.05) is 45.5 Å². The molecular formula is C11H21N3O3S. The van der Waals surface area contributed by atoms with Crippen LogP contribution in [0.2, 0.25) is 0 Å². The maximum absolute atomic E-state index is 11.9. The summed E-state index contributed by atoms with van der Waals surface area (Å²) in [5.41, 5.74) is 0. The van der Waals surface area contributed by atoms with Crippen molar-refractivity contribution in [3.63, 3.8) is 0 Å². The highest BCUT2D eigenvalue weighted by Gasteiger charge is 2.26. The Morgan fingerprint density at radius 3 is 2.33 bits per heavy atom. The standard InChI is InChI=1S/C11H21N3O3S/c1-18(16,17)14-6-4-13(5-7-14)11(15)9-12-8-10-2-3-10/h10,12H,2-9H2,1H3. The Morgan fingerprint density at radius 1 is 1.22 bits per heavy atom. The van der Waals surface area contributed by atoms with E-state index in [9.17, 15) is 13.2 Å². The maximum atomic E-state index is 11.9. The Kier molecular flexibility index (Phi) is 4.24. The quantitative estimate of drug-likeness (QED) is 0.705. The molecule has 1 amide bonds. The monoisotopic (exact) mass is 275 g/mol. The first-order chi connectivity index (χ1) is 8.47. The zero-order valence-electron chi connectivity index (χ0n) is 10.8. The topological polar surface area (TPSA) is 69.7 Å². The van der Waals surface area contributed by atoms with Crippen LogP contribution < -0.4 is 5.32 Å². The van der Waals surface area contributed by atoms with Gasteiger partial charge >= 0.3 is 0 Å². The van der Waals surface area contributed by atoms with Gasteiger partial charge in [0.1, 0.15) is 0 Å². The molecule has 18 heavy (non-hydrogen) atoms. The number of carbonyl (C=O) groups is 1. The Morgan fingerprint density at radius 2 is 1.83 bits per heavy atom. The van der Waals surface area contributed by atoms with Gasteiger partial charge in [0, 0.05) is 26.2 Å². The summed E-state index contributed by atoms with van der Waals surface area (Å²) in [7, 11) is -3.12. The van der Waals surface area contributed by atoms with Gasteiger partial charge in [-0.3, -0.25) is 4.79 Å². The zero-order valence-corrected chi connectivity index (χ0v) is 11.6. The van der Waals surface area contributed by atoms with Crippen molar-refractivity contribution in [1.29, 1.82) is 0 Å². The van der Waals surface area contributed by atoms with Crippen molar-refractivity contribution in [1.82, 2.24) is 14.5 Å². The van der Waals surface area contributed by atoms with E-state index >= 15 is 0 Å². The molecule has 0 atom stereocenters. The van der Waals surface area contributed by atoms with Crippen LogP contribution in [0.25, 0.3) is 0 Å². The fourth-order valence-corrected chi connectivity index (χ4v) is 2.91. The van der Waals surface area contributed by atoms with Crippen LogP contribution in [0.3, 0.4) is 0 Å². The van der Waals surface area contributed by atoms with E-state index in [0.717, 1.165) is 12.5 Å². The van der Waals surface area contributed by atoms with Crippen molar-refractivity contribution in [3.8, 4) is 0 Å². The molecule has 0 unspecified atom stereocenters. The average molecular weight is 275 g/mol. The summed E-state index contributed by atoms with van der Waals surface area (Å²) in [6.45, 7) is 3.11. The lowest BCUT2D eigenvalue weighted by molar-refractivity contribution is -0.131. The molecule has 2 fully saturated rings. The minimum Gasteiger partial charge on any atom is -0.339 e. The molecule has 1 N–H and O–H groups in total. The predicted molar refractivity (Wildman–Crippen MR) is 68.6 cm³/mol. The van der Waals surface area contributed by atoms with E-state index in [-0.39, 0.29) is 5.91 Å². The first-order valence-corrected chi connectivity index (χ1v) is 8.25. The molecule has 0 bridgehead atoms. The highest BCUT2D eigenvalue weighted by molar-refractivity contribution is 7.88. The van der Waals surface area contributed by atoms with Gasteiger partial charge < -0.3 is 10.2 Å². The summed E-state index contributed by atoms with van der Waals surface area (Å²) in [5, 5.41) is 3.16. The van der Waals surface area contributed by atoms with Crippen molar-refractivity contribution in [2.45, 2.75) is 12.8 Å². The lowest BCUT2D eigenvalue weighted by Crippen LogP contribution is -2.52. The summed E-state index contributed by atoms with van der Waals surface area (Å²) in [6, 6.07) is 0. The molecule has 1 aliphatic heterocycles. The second-order valence-electron chi connectivity index (χ2n) is 5.12. The second-order valence-corrected chi connectivity index (χ2v) is 7.10. The molecule has 104 valence electrons. The number of nitrogens with zero attached hydrogens (tertiary/aromatic N) is 2. The first kappa shape index (κ1) is 13.8. The van der Waals surface area contributed by atoms with E-state index in [4.69, 9.17) is 0 Å². The van der Waals surface area contributed by atoms with Gasteiger partial charge in [0.25, 0.3) is 0 Å². The lowest BCUT2D eigenvalue weighted by Gasteiger charge is -2.33. The Labute approximate surface area is 108 Å². The molecule has 0 spiro atoms. The third-order valence-corrected chi connectivity index (χ3v) is 4.77. The molecule has 6 nitrogen and oxygen atoms in total. The van der Waals surface area contributed by atoms with Crippen molar-refractivity contribution >= 4 is 15.9 Å². The highest BCUT2D eigenvalue weighted by atomic mass is 32.2. The largest absolute Gasteiger partial charge is 0.339 e. The van der Waals surface area contributed by atoms with Crippen molar-refractivity contribution in [3.05, 3.63) is 0 Å². The van der Waals surface area contributed by atoms with E-state index in [1.165, 1.54) is 23.4 Å². The molecule has 0 aromatic rings. The molecule has 0 aromatic heterocycles. The summed E-state index contributed by atoms with van der Waals surface area (Å²) in [4.78, 5) is 13.6. The maximum Gasteiger partial charge on any atom is 0.236 e. The van der Waals surface area contributed by atoms with E-state index in [1.54, 1.807) is 4.90 Å². The summed E-state index contributed by atoms with van der Waals surface area (Å²) in [6.07, 6.45) is 3.75. The third kappa shape index (κ3) is 3.93. The van der Waals surface area contributed by atoms with Gasteiger partial charge in [-0.05, 0) is 25.3 Å². The fourth-order valence-electron chi connectivity index (χ4n) is 2.09. The number of amides is 1. The lowest BCUT2D eigenvalue weighted by atomic mass is 10.3. The number of hydrogen-bond donors (Lipinski definition) is 1. The number of sulfonamides is 1. The molecule has 0 radical (unpaired) electrons. The van der Waals surface area contributed by atoms with Gasteiger partial charge in [-0.1, -0.05) is 0 Å². The molecule has 2 aliphatic rings. The van der Waals surface area contributed by atoms with Crippen LogP contribution in [0.1, 0.15) is 12.8 Å². The number of rotatable bonds is 5.